The Labute approximate surface area is 121 Å². The monoisotopic (exact) mass is 285 g/mol. The molecule has 0 radical (unpaired) electrons. The molecule has 0 fully saturated rings. The predicted molar refractivity (Wildman–Crippen MR) is 77.3 cm³/mol. The second kappa shape index (κ2) is 5.05. The van der Waals surface area contributed by atoms with Crippen molar-refractivity contribution in [3.8, 4) is 0 Å². The van der Waals surface area contributed by atoms with Crippen LogP contribution in [0.15, 0.2) is 27.1 Å². The van der Waals surface area contributed by atoms with Crippen LogP contribution in [0.4, 0.5) is 5.69 Å². The van der Waals surface area contributed by atoms with Crippen molar-refractivity contribution in [2.24, 2.45) is 0 Å². The SMILES string of the molecule is CCc1nc2cc(NC(=O)c3c(C)noc3C)ccc2o1. The number of carbonyl (C=O) groups is 1. The van der Waals surface area contributed by atoms with Gasteiger partial charge >= 0.3 is 0 Å². The number of benzene rings is 1. The third-order valence-electron chi connectivity index (χ3n) is 3.25. The molecule has 0 saturated carbocycles. The summed E-state index contributed by atoms with van der Waals surface area (Å²) in [5.41, 5.74) is 3.12. The molecule has 108 valence electrons. The van der Waals surface area contributed by atoms with E-state index in [-0.39, 0.29) is 5.91 Å². The van der Waals surface area contributed by atoms with Gasteiger partial charge in [-0.1, -0.05) is 12.1 Å². The molecule has 0 aliphatic carbocycles. The average molecular weight is 285 g/mol. The van der Waals surface area contributed by atoms with Crippen LogP contribution in [-0.2, 0) is 6.42 Å². The van der Waals surface area contributed by atoms with Crippen LogP contribution in [0.2, 0.25) is 0 Å². The van der Waals surface area contributed by atoms with E-state index in [0.29, 0.717) is 34.2 Å². The van der Waals surface area contributed by atoms with E-state index in [1.165, 1.54) is 0 Å². The maximum Gasteiger partial charge on any atom is 0.261 e. The van der Waals surface area contributed by atoms with Crippen LogP contribution >= 0.6 is 0 Å². The highest BCUT2D eigenvalue weighted by Gasteiger charge is 2.17. The van der Waals surface area contributed by atoms with E-state index < -0.39 is 0 Å². The molecule has 0 aliphatic heterocycles. The largest absolute Gasteiger partial charge is 0.441 e. The van der Waals surface area contributed by atoms with E-state index in [1.807, 2.05) is 6.92 Å². The first-order valence-corrected chi connectivity index (χ1v) is 6.72. The van der Waals surface area contributed by atoms with Crippen LogP contribution in [0.5, 0.6) is 0 Å². The Morgan fingerprint density at radius 2 is 2.14 bits per heavy atom. The lowest BCUT2D eigenvalue weighted by Gasteiger charge is -2.04. The summed E-state index contributed by atoms with van der Waals surface area (Å²) in [5.74, 6) is 0.935. The van der Waals surface area contributed by atoms with Crippen LogP contribution in [0.1, 0.15) is 34.6 Å². The zero-order valence-corrected chi connectivity index (χ0v) is 12.1. The zero-order valence-electron chi connectivity index (χ0n) is 12.1. The van der Waals surface area contributed by atoms with Gasteiger partial charge in [0, 0.05) is 12.1 Å². The minimum Gasteiger partial charge on any atom is -0.441 e. The maximum atomic E-state index is 12.3. The molecule has 0 saturated heterocycles. The Morgan fingerprint density at radius 3 is 2.81 bits per heavy atom. The topological polar surface area (TPSA) is 81.2 Å². The van der Waals surface area contributed by atoms with E-state index in [1.54, 1.807) is 32.0 Å². The number of hydrogen-bond acceptors (Lipinski definition) is 5. The summed E-state index contributed by atoms with van der Waals surface area (Å²) >= 11 is 0. The molecule has 1 N–H and O–H groups in total. The normalized spacial score (nSPS) is 11.0. The lowest BCUT2D eigenvalue weighted by molar-refractivity contribution is 0.102. The lowest BCUT2D eigenvalue weighted by Crippen LogP contribution is -2.13. The van der Waals surface area contributed by atoms with Gasteiger partial charge in [-0.05, 0) is 32.0 Å². The van der Waals surface area contributed by atoms with Crippen molar-refractivity contribution >= 4 is 22.7 Å². The van der Waals surface area contributed by atoms with Crippen LogP contribution < -0.4 is 5.32 Å². The first-order valence-electron chi connectivity index (χ1n) is 6.72. The van der Waals surface area contributed by atoms with Crippen molar-refractivity contribution in [1.29, 1.82) is 0 Å². The molecule has 1 amide bonds. The summed E-state index contributed by atoms with van der Waals surface area (Å²) in [6.07, 6.45) is 0.732. The molecular formula is C15H15N3O3. The number of aromatic nitrogens is 2. The average Bonchev–Trinajstić information content (AvgIpc) is 3.01. The van der Waals surface area contributed by atoms with Gasteiger partial charge in [-0.2, -0.15) is 0 Å². The predicted octanol–water partition coefficient (Wildman–Crippen LogP) is 3.25. The standard InChI is InChI=1S/C15H15N3O3/c1-4-13-17-11-7-10(5-6-12(11)20-13)16-15(19)14-8(2)18-21-9(14)3/h5-7H,4H2,1-3H3,(H,16,19). The van der Waals surface area contributed by atoms with Crippen molar-refractivity contribution < 1.29 is 13.7 Å². The van der Waals surface area contributed by atoms with Crippen LogP contribution in [0.3, 0.4) is 0 Å². The third kappa shape index (κ3) is 2.40. The third-order valence-corrected chi connectivity index (χ3v) is 3.25. The Kier molecular flexibility index (Phi) is 3.21. The first-order chi connectivity index (χ1) is 10.1. The first kappa shape index (κ1) is 13.4. The summed E-state index contributed by atoms with van der Waals surface area (Å²) in [4.78, 5) is 16.6. The molecule has 1 aromatic carbocycles. The molecule has 2 heterocycles. The number of fused-ring (bicyclic) bond motifs is 1. The van der Waals surface area contributed by atoms with Gasteiger partial charge in [-0.15, -0.1) is 0 Å². The molecule has 0 aliphatic rings. The molecule has 0 unspecified atom stereocenters. The molecular weight excluding hydrogens is 270 g/mol. The van der Waals surface area contributed by atoms with Gasteiger partial charge < -0.3 is 14.3 Å². The number of nitrogens with zero attached hydrogens (tertiary/aromatic N) is 2. The molecule has 0 bridgehead atoms. The molecule has 2 aromatic heterocycles. The van der Waals surface area contributed by atoms with Crippen molar-refractivity contribution in [2.45, 2.75) is 27.2 Å². The number of hydrogen-bond donors (Lipinski definition) is 1. The van der Waals surface area contributed by atoms with E-state index in [4.69, 9.17) is 8.94 Å². The number of oxazole rings is 1. The van der Waals surface area contributed by atoms with Crippen molar-refractivity contribution in [3.05, 3.63) is 41.1 Å². The molecule has 6 nitrogen and oxygen atoms in total. The van der Waals surface area contributed by atoms with Gasteiger partial charge in [0.1, 0.15) is 16.8 Å². The van der Waals surface area contributed by atoms with Crippen LogP contribution in [0.25, 0.3) is 11.1 Å². The summed E-state index contributed by atoms with van der Waals surface area (Å²) < 4.78 is 10.5. The fourth-order valence-electron chi connectivity index (χ4n) is 2.20. The van der Waals surface area contributed by atoms with E-state index in [2.05, 4.69) is 15.5 Å². The number of nitrogens with one attached hydrogen (secondary N) is 1. The second-order valence-corrected chi connectivity index (χ2v) is 4.80. The number of carbonyl (C=O) groups excluding carboxylic acids is 1. The molecule has 3 aromatic rings. The Bertz CT molecular complexity index is 797. The zero-order chi connectivity index (χ0) is 15.0. The summed E-state index contributed by atoms with van der Waals surface area (Å²) in [5, 5.41) is 6.60. The smallest absolute Gasteiger partial charge is 0.261 e. The minimum absolute atomic E-state index is 0.246. The highest BCUT2D eigenvalue weighted by Crippen LogP contribution is 2.21. The van der Waals surface area contributed by atoms with Crippen molar-refractivity contribution in [1.82, 2.24) is 10.1 Å². The highest BCUT2D eigenvalue weighted by molar-refractivity contribution is 6.06. The Hall–Kier alpha value is -2.63. The minimum atomic E-state index is -0.246. The van der Waals surface area contributed by atoms with E-state index in [9.17, 15) is 4.79 Å². The van der Waals surface area contributed by atoms with Crippen molar-refractivity contribution in [3.63, 3.8) is 0 Å². The quantitative estimate of drug-likeness (QED) is 0.798. The highest BCUT2D eigenvalue weighted by atomic mass is 16.5. The Balaban J connectivity index is 1.89. The number of rotatable bonds is 3. The van der Waals surface area contributed by atoms with Gasteiger partial charge in [-0.3, -0.25) is 4.79 Å². The molecule has 0 spiro atoms. The summed E-state index contributed by atoms with van der Waals surface area (Å²) in [6.45, 7) is 5.42. The van der Waals surface area contributed by atoms with Gasteiger partial charge in [0.2, 0.25) is 0 Å². The van der Waals surface area contributed by atoms with Gasteiger partial charge in [0.15, 0.2) is 11.5 Å². The number of anilines is 1. The molecule has 0 atom stereocenters. The molecule has 21 heavy (non-hydrogen) atoms. The lowest BCUT2D eigenvalue weighted by atomic mass is 10.2. The number of aryl methyl sites for hydroxylation is 3. The van der Waals surface area contributed by atoms with Crippen molar-refractivity contribution in [2.75, 3.05) is 5.32 Å². The maximum absolute atomic E-state index is 12.3. The Morgan fingerprint density at radius 1 is 1.33 bits per heavy atom. The van der Waals surface area contributed by atoms with Gasteiger partial charge in [0.05, 0.1) is 5.69 Å². The molecule has 3 rings (SSSR count). The van der Waals surface area contributed by atoms with Gasteiger partial charge in [0.25, 0.3) is 5.91 Å². The molecule has 6 heteroatoms. The summed E-state index contributed by atoms with van der Waals surface area (Å²) in [7, 11) is 0. The van der Waals surface area contributed by atoms with E-state index >= 15 is 0 Å². The van der Waals surface area contributed by atoms with Gasteiger partial charge in [-0.25, -0.2) is 4.98 Å². The fraction of sp³-hybridized carbons (Fsp3) is 0.267. The van der Waals surface area contributed by atoms with Crippen LogP contribution in [-0.4, -0.2) is 16.0 Å². The second-order valence-electron chi connectivity index (χ2n) is 4.80. The number of amides is 1. The van der Waals surface area contributed by atoms with E-state index in [0.717, 1.165) is 11.9 Å². The van der Waals surface area contributed by atoms with Crippen LogP contribution in [0, 0.1) is 13.8 Å². The summed E-state index contributed by atoms with van der Waals surface area (Å²) in [6, 6.07) is 5.36. The fourth-order valence-corrected chi connectivity index (χ4v) is 2.20.